The van der Waals surface area contributed by atoms with E-state index >= 15 is 0 Å². The maximum absolute atomic E-state index is 12.4. The van der Waals surface area contributed by atoms with Crippen LogP contribution in [0.2, 0.25) is 0 Å². The fraction of sp³-hybridized carbons (Fsp3) is 0.235. The van der Waals surface area contributed by atoms with Crippen LogP contribution < -0.4 is 5.32 Å². The Hall–Kier alpha value is -1.13. The fourth-order valence-electron chi connectivity index (χ4n) is 2.06. The molecule has 1 amide bonds. The largest absolute Gasteiger partial charge is 0.349 e. The zero-order valence-corrected chi connectivity index (χ0v) is 14.8. The Morgan fingerprint density at radius 3 is 1.90 bits per heavy atom. The minimum absolute atomic E-state index is 0.0192. The summed E-state index contributed by atoms with van der Waals surface area (Å²) >= 11 is 7.08. The molecule has 0 spiro atoms. The van der Waals surface area contributed by atoms with Gasteiger partial charge in [-0.25, -0.2) is 0 Å². The summed E-state index contributed by atoms with van der Waals surface area (Å²) in [4.78, 5) is 12.0. The minimum atomic E-state index is -0.328. The lowest BCUT2D eigenvalue weighted by Crippen LogP contribution is -2.35. The summed E-state index contributed by atoms with van der Waals surface area (Å²) in [6, 6.07) is 19.8. The second-order valence-electron chi connectivity index (χ2n) is 4.86. The van der Waals surface area contributed by atoms with Crippen LogP contribution in [0.25, 0.3) is 0 Å². The summed E-state index contributed by atoms with van der Waals surface area (Å²) in [5.74, 6) is -0.0305. The van der Waals surface area contributed by atoms with Crippen molar-refractivity contribution in [3.8, 4) is 0 Å². The molecular weight excluding hydrogens is 394 g/mol. The molecule has 1 N–H and O–H groups in total. The highest BCUT2D eigenvalue weighted by Crippen LogP contribution is 2.31. The number of benzene rings is 2. The molecule has 0 bridgehead atoms. The maximum atomic E-state index is 12.4. The van der Waals surface area contributed by atoms with Gasteiger partial charge in [-0.05, 0) is 18.1 Å². The zero-order chi connectivity index (χ0) is 15.2. The molecule has 0 aliphatic heterocycles. The van der Waals surface area contributed by atoms with E-state index in [9.17, 15) is 4.79 Å². The lowest BCUT2D eigenvalue weighted by Gasteiger charge is -2.20. The number of alkyl halides is 2. The molecule has 2 aromatic carbocycles. The fourth-order valence-corrected chi connectivity index (χ4v) is 3.04. The molecule has 0 aliphatic rings. The Labute approximate surface area is 142 Å². The van der Waals surface area contributed by atoms with Crippen LogP contribution in [-0.2, 0) is 4.79 Å². The number of carbonyl (C=O) groups excluding carboxylic acids is 1. The predicted octanol–water partition coefficient (Wildman–Crippen LogP) is 4.76. The summed E-state index contributed by atoms with van der Waals surface area (Å²) < 4.78 is 0. The number of hydrogen-bond donors (Lipinski definition) is 1. The van der Waals surface area contributed by atoms with E-state index in [0.29, 0.717) is 0 Å². The van der Waals surface area contributed by atoms with Crippen molar-refractivity contribution in [3.05, 3.63) is 71.8 Å². The standard InChI is InChI=1S/C17H17Br2NO/c1-12(13-8-4-2-5-9-13)20-17(21)16(19)15(18)14-10-6-3-7-11-14/h2-12,15-16H,1H3,(H,20,21). The van der Waals surface area contributed by atoms with E-state index in [1.807, 2.05) is 67.6 Å². The van der Waals surface area contributed by atoms with Crippen molar-refractivity contribution in [1.82, 2.24) is 5.32 Å². The van der Waals surface area contributed by atoms with E-state index in [4.69, 9.17) is 0 Å². The highest BCUT2D eigenvalue weighted by atomic mass is 79.9. The van der Waals surface area contributed by atoms with Gasteiger partial charge in [0.25, 0.3) is 0 Å². The Bertz CT molecular complexity index is 574. The second kappa shape index (κ2) is 7.76. The van der Waals surface area contributed by atoms with Gasteiger partial charge in [0, 0.05) is 0 Å². The molecule has 3 atom stereocenters. The molecule has 0 aliphatic carbocycles. The zero-order valence-electron chi connectivity index (χ0n) is 11.7. The van der Waals surface area contributed by atoms with Crippen LogP contribution in [-0.4, -0.2) is 10.7 Å². The number of halogens is 2. The highest BCUT2D eigenvalue weighted by Gasteiger charge is 2.25. The second-order valence-corrected chi connectivity index (χ2v) is 6.83. The minimum Gasteiger partial charge on any atom is -0.349 e. The van der Waals surface area contributed by atoms with Crippen molar-refractivity contribution in [1.29, 1.82) is 0 Å². The molecule has 0 heterocycles. The van der Waals surface area contributed by atoms with Gasteiger partial charge in [0.15, 0.2) is 0 Å². The number of rotatable bonds is 5. The molecule has 110 valence electrons. The quantitative estimate of drug-likeness (QED) is 0.707. The van der Waals surface area contributed by atoms with Gasteiger partial charge in [-0.3, -0.25) is 4.79 Å². The normalized spacial score (nSPS) is 15.0. The third-order valence-corrected chi connectivity index (χ3v) is 6.00. The van der Waals surface area contributed by atoms with Gasteiger partial charge in [0.1, 0.15) is 4.83 Å². The average Bonchev–Trinajstić information content (AvgIpc) is 2.55. The maximum Gasteiger partial charge on any atom is 0.235 e. The molecular formula is C17H17Br2NO. The van der Waals surface area contributed by atoms with Crippen molar-refractivity contribution in [2.24, 2.45) is 0 Å². The molecule has 0 saturated heterocycles. The SMILES string of the molecule is CC(NC(=O)C(Br)C(Br)c1ccccc1)c1ccccc1. The summed E-state index contributed by atoms with van der Waals surface area (Å²) in [5.41, 5.74) is 2.17. The molecule has 0 radical (unpaired) electrons. The molecule has 2 nitrogen and oxygen atoms in total. The number of nitrogens with one attached hydrogen (secondary N) is 1. The Morgan fingerprint density at radius 1 is 0.905 bits per heavy atom. The molecule has 2 rings (SSSR count). The van der Waals surface area contributed by atoms with Crippen LogP contribution in [0.3, 0.4) is 0 Å². The first-order chi connectivity index (χ1) is 10.1. The number of amides is 1. The first-order valence-electron chi connectivity index (χ1n) is 6.78. The van der Waals surface area contributed by atoms with E-state index in [1.165, 1.54) is 0 Å². The van der Waals surface area contributed by atoms with Crippen molar-refractivity contribution in [2.75, 3.05) is 0 Å². The lowest BCUT2D eigenvalue weighted by molar-refractivity contribution is -0.121. The monoisotopic (exact) mass is 409 g/mol. The third-order valence-electron chi connectivity index (χ3n) is 3.28. The van der Waals surface area contributed by atoms with Crippen LogP contribution in [0.15, 0.2) is 60.7 Å². The first-order valence-corrected chi connectivity index (χ1v) is 8.61. The van der Waals surface area contributed by atoms with Crippen molar-refractivity contribution in [3.63, 3.8) is 0 Å². The predicted molar refractivity (Wildman–Crippen MR) is 93.8 cm³/mol. The number of hydrogen-bond acceptors (Lipinski definition) is 1. The average molecular weight is 411 g/mol. The van der Waals surface area contributed by atoms with Crippen molar-refractivity contribution >= 4 is 37.8 Å². The van der Waals surface area contributed by atoms with Gasteiger partial charge in [-0.2, -0.15) is 0 Å². The summed E-state index contributed by atoms with van der Waals surface area (Å²) in [6.07, 6.45) is 0. The molecule has 4 heteroatoms. The smallest absolute Gasteiger partial charge is 0.235 e. The van der Waals surface area contributed by atoms with Crippen LogP contribution in [0.1, 0.15) is 28.9 Å². The molecule has 0 aromatic heterocycles. The molecule has 2 aromatic rings. The van der Waals surface area contributed by atoms with Gasteiger partial charge in [-0.1, -0.05) is 92.5 Å². The molecule has 0 fully saturated rings. The summed E-state index contributed by atoms with van der Waals surface area (Å²) in [7, 11) is 0. The highest BCUT2D eigenvalue weighted by molar-refractivity contribution is 9.12. The van der Waals surface area contributed by atoms with Gasteiger partial charge < -0.3 is 5.32 Å². The molecule has 0 saturated carbocycles. The Kier molecular flexibility index (Phi) is 6.00. The van der Waals surface area contributed by atoms with E-state index < -0.39 is 0 Å². The van der Waals surface area contributed by atoms with Gasteiger partial charge in [0.05, 0.1) is 10.9 Å². The number of carbonyl (C=O) groups is 1. The van der Waals surface area contributed by atoms with E-state index in [0.717, 1.165) is 11.1 Å². The third kappa shape index (κ3) is 4.42. The van der Waals surface area contributed by atoms with Gasteiger partial charge in [-0.15, -0.1) is 0 Å². The van der Waals surface area contributed by atoms with E-state index in [2.05, 4.69) is 37.2 Å². The van der Waals surface area contributed by atoms with Crippen LogP contribution in [0.4, 0.5) is 0 Å². The first kappa shape index (κ1) is 16.2. The Morgan fingerprint density at radius 2 is 1.38 bits per heavy atom. The Balaban J connectivity index is 2.00. The van der Waals surface area contributed by atoms with Crippen LogP contribution >= 0.6 is 31.9 Å². The molecule has 3 unspecified atom stereocenters. The van der Waals surface area contributed by atoms with Crippen LogP contribution in [0.5, 0.6) is 0 Å². The topological polar surface area (TPSA) is 29.1 Å². The van der Waals surface area contributed by atoms with Gasteiger partial charge >= 0.3 is 0 Å². The lowest BCUT2D eigenvalue weighted by atomic mass is 10.1. The summed E-state index contributed by atoms with van der Waals surface area (Å²) in [5, 5.41) is 3.03. The van der Waals surface area contributed by atoms with Crippen LogP contribution in [0, 0.1) is 0 Å². The van der Waals surface area contributed by atoms with Crippen molar-refractivity contribution < 1.29 is 4.79 Å². The van der Waals surface area contributed by atoms with Gasteiger partial charge in [0.2, 0.25) is 5.91 Å². The van der Waals surface area contributed by atoms with E-state index in [1.54, 1.807) is 0 Å². The van der Waals surface area contributed by atoms with E-state index in [-0.39, 0.29) is 21.6 Å². The summed E-state index contributed by atoms with van der Waals surface area (Å²) in [6.45, 7) is 1.98. The van der Waals surface area contributed by atoms with Crippen molar-refractivity contribution in [2.45, 2.75) is 22.6 Å². The molecule has 21 heavy (non-hydrogen) atoms.